The molecule has 0 fully saturated rings. The minimum atomic E-state index is -0.436. The van der Waals surface area contributed by atoms with Gasteiger partial charge in [0.15, 0.2) is 0 Å². The van der Waals surface area contributed by atoms with Crippen molar-refractivity contribution in [2.45, 2.75) is 20.8 Å². The molecule has 0 atom stereocenters. The van der Waals surface area contributed by atoms with Crippen LogP contribution in [0.2, 0.25) is 0 Å². The maximum Gasteiger partial charge on any atom is 0.230 e. The van der Waals surface area contributed by atoms with Gasteiger partial charge in [-0.15, -0.1) is 0 Å². The molecule has 5 aromatic rings. The molecular formula is C28H22N4O3. The predicted octanol–water partition coefficient (Wildman–Crippen LogP) is 5.52. The zero-order valence-electron chi connectivity index (χ0n) is 19.5. The first-order valence-corrected chi connectivity index (χ1v) is 11.2. The van der Waals surface area contributed by atoms with Crippen molar-refractivity contribution in [3.05, 3.63) is 78.9 Å². The highest BCUT2D eigenvalue weighted by Gasteiger charge is 2.26. The van der Waals surface area contributed by atoms with E-state index in [1.807, 2.05) is 54.6 Å². The number of carbonyl (C=O) groups excluding carboxylic acids is 3. The molecule has 0 spiro atoms. The largest absolute Gasteiger partial charge is 0.278 e. The number of para-hydroxylation sites is 4. The van der Waals surface area contributed by atoms with E-state index in [0.29, 0.717) is 22.6 Å². The molecule has 4 aromatic carbocycles. The second kappa shape index (κ2) is 8.61. The van der Waals surface area contributed by atoms with Crippen LogP contribution in [0.3, 0.4) is 0 Å². The lowest BCUT2D eigenvalue weighted by molar-refractivity contribution is -0.124. The third-order valence-corrected chi connectivity index (χ3v) is 5.88. The molecule has 1 aromatic heterocycles. The molecule has 0 saturated carbocycles. The van der Waals surface area contributed by atoms with E-state index in [4.69, 9.17) is 9.97 Å². The normalized spacial score (nSPS) is 11.1. The molecule has 7 heteroatoms. The van der Waals surface area contributed by atoms with Gasteiger partial charge in [-0.25, -0.2) is 14.9 Å². The Kier molecular flexibility index (Phi) is 5.45. The fraction of sp³-hybridized carbons (Fsp3) is 0.107. The monoisotopic (exact) mass is 462 g/mol. The van der Waals surface area contributed by atoms with E-state index in [1.165, 1.54) is 25.7 Å². The van der Waals surface area contributed by atoms with Crippen molar-refractivity contribution in [1.82, 2.24) is 9.97 Å². The Hall–Kier alpha value is -4.65. The molecule has 0 N–H and O–H groups in total. The fourth-order valence-electron chi connectivity index (χ4n) is 4.49. The van der Waals surface area contributed by atoms with Gasteiger partial charge in [-0.1, -0.05) is 48.5 Å². The average Bonchev–Trinajstić information content (AvgIpc) is 2.83. The van der Waals surface area contributed by atoms with Crippen molar-refractivity contribution in [3.8, 4) is 0 Å². The van der Waals surface area contributed by atoms with Gasteiger partial charge in [0.25, 0.3) is 0 Å². The Morgan fingerprint density at radius 2 is 1.11 bits per heavy atom. The first-order valence-electron chi connectivity index (χ1n) is 11.2. The standard InChI is InChI=1S/C28H22N4O3/c1-17(33)31(18(2)34)25-14-8-9-15-26(25)32(19(3)35)27-16-24-28(21-11-5-4-10-20(21)27)30-23-13-7-6-12-22(23)29-24/h4-16H,1-3H3. The van der Waals surface area contributed by atoms with Gasteiger partial charge in [0.05, 0.1) is 39.1 Å². The van der Waals surface area contributed by atoms with Crippen LogP contribution in [0.25, 0.3) is 32.8 Å². The summed E-state index contributed by atoms with van der Waals surface area (Å²) in [6.07, 6.45) is 0. The lowest BCUT2D eigenvalue weighted by atomic mass is 10.0. The van der Waals surface area contributed by atoms with Crippen LogP contribution in [0.1, 0.15) is 20.8 Å². The molecule has 0 saturated heterocycles. The highest BCUT2D eigenvalue weighted by molar-refractivity contribution is 6.20. The number of amides is 3. The number of aromatic nitrogens is 2. The first-order chi connectivity index (χ1) is 16.9. The number of rotatable bonds is 3. The molecule has 1 heterocycles. The third kappa shape index (κ3) is 3.77. The maximum atomic E-state index is 13.2. The van der Waals surface area contributed by atoms with E-state index in [2.05, 4.69) is 0 Å². The summed E-state index contributed by atoms with van der Waals surface area (Å²) in [4.78, 5) is 50.1. The summed E-state index contributed by atoms with van der Waals surface area (Å²) in [5.74, 6) is -1.15. The Bertz CT molecular complexity index is 1650. The highest BCUT2D eigenvalue weighted by Crippen LogP contribution is 2.40. The van der Waals surface area contributed by atoms with E-state index in [-0.39, 0.29) is 5.91 Å². The van der Waals surface area contributed by atoms with Crippen molar-refractivity contribution < 1.29 is 14.4 Å². The van der Waals surface area contributed by atoms with Crippen LogP contribution >= 0.6 is 0 Å². The van der Waals surface area contributed by atoms with Gasteiger partial charge in [-0.3, -0.25) is 19.3 Å². The number of benzene rings is 4. The van der Waals surface area contributed by atoms with E-state index < -0.39 is 11.8 Å². The molecule has 0 aliphatic carbocycles. The van der Waals surface area contributed by atoms with Crippen LogP contribution in [0.4, 0.5) is 17.1 Å². The van der Waals surface area contributed by atoms with E-state index in [1.54, 1.807) is 24.3 Å². The highest BCUT2D eigenvalue weighted by atomic mass is 16.2. The molecule has 0 unspecified atom stereocenters. The molecule has 35 heavy (non-hydrogen) atoms. The molecule has 0 bridgehead atoms. The van der Waals surface area contributed by atoms with Crippen molar-refractivity contribution in [2.75, 3.05) is 9.80 Å². The van der Waals surface area contributed by atoms with Gasteiger partial charge in [-0.2, -0.15) is 0 Å². The van der Waals surface area contributed by atoms with Gasteiger partial charge in [-0.05, 0) is 30.3 Å². The van der Waals surface area contributed by atoms with Crippen LogP contribution < -0.4 is 9.80 Å². The van der Waals surface area contributed by atoms with Gasteiger partial charge in [0.2, 0.25) is 17.7 Å². The Balaban J connectivity index is 1.85. The van der Waals surface area contributed by atoms with Crippen LogP contribution in [0, 0.1) is 0 Å². The van der Waals surface area contributed by atoms with E-state index in [9.17, 15) is 14.4 Å². The van der Waals surface area contributed by atoms with Crippen LogP contribution in [0.5, 0.6) is 0 Å². The molecular weight excluding hydrogens is 440 g/mol. The number of carbonyl (C=O) groups is 3. The fourth-order valence-corrected chi connectivity index (χ4v) is 4.49. The summed E-state index contributed by atoms with van der Waals surface area (Å²) in [6, 6.07) is 24.0. The molecule has 3 amide bonds. The first kappa shape index (κ1) is 22.2. The van der Waals surface area contributed by atoms with Crippen LogP contribution in [0.15, 0.2) is 78.9 Å². The molecule has 0 aliphatic heterocycles. The maximum absolute atomic E-state index is 13.2. The second-order valence-electron chi connectivity index (χ2n) is 8.24. The average molecular weight is 463 g/mol. The number of nitrogens with zero attached hydrogens (tertiary/aromatic N) is 4. The molecule has 5 rings (SSSR count). The second-order valence-corrected chi connectivity index (χ2v) is 8.24. The van der Waals surface area contributed by atoms with Gasteiger partial charge < -0.3 is 0 Å². The van der Waals surface area contributed by atoms with Crippen LogP contribution in [-0.2, 0) is 14.4 Å². The minimum Gasteiger partial charge on any atom is -0.278 e. The lowest BCUT2D eigenvalue weighted by Crippen LogP contribution is -2.35. The number of imide groups is 1. The van der Waals surface area contributed by atoms with E-state index in [0.717, 1.165) is 32.2 Å². The number of hydrogen-bond donors (Lipinski definition) is 0. The smallest absolute Gasteiger partial charge is 0.230 e. The van der Waals surface area contributed by atoms with Gasteiger partial charge >= 0.3 is 0 Å². The van der Waals surface area contributed by atoms with E-state index >= 15 is 0 Å². The Morgan fingerprint density at radius 1 is 0.571 bits per heavy atom. The summed E-state index contributed by atoms with van der Waals surface area (Å²) in [7, 11) is 0. The summed E-state index contributed by atoms with van der Waals surface area (Å²) in [6.45, 7) is 4.10. The topological polar surface area (TPSA) is 83.5 Å². The summed E-state index contributed by atoms with van der Waals surface area (Å²) >= 11 is 0. The molecule has 7 nitrogen and oxygen atoms in total. The van der Waals surface area contributed by atoms with Crippen molar-refractivity contribution in [2.24, 2.45) is 0 Å². The third-order valence-electron chi connectivity index (χ3n) is 5.88. The number of hydrogen-bond acceptors (Lipinski definition) is 5. The van der Waals surface area contributed by atoms with Gasteiger partial charge in [0.1, 0.15) is 0 Å². The molecule has 172 valence electrons. The lowest BCUT2D eigenvalue weighted by Gasteiger charge is -2.29. The summed E-state index contributed by atoms with van der Waals surface area (Å²) in [5.41, 5.74) is 4.23. The quantitative estimate of drug-likeness (QED) is 0.260. The summed E-state index contributed by atoms with van der Waals surface area (Å²) in [5, 5.41) is 1.64. The number of fused-ring (bicyclic) bond motifs is 4. The SMILES string of the molecule is CC(=O)N(C(C)=O)c1ccccc1N(C(C)=O)c1cc2nc3ccccc3nc2c2ccccc12. The number of anilines is 3. The molecule has 0 aliphatic rings. The zero-order chi connectivity index (χ0) is 24.7. The minimum absolute atomic E-state index is 0.275. The summed E-state index contributed by atoms with van der Waals surface area (Å²) < 4.78 is 0. The molecule has 0 radical (unpaired) electrons. The van der Waals surface area contributed by atoms with Crippen molar-refractivity contribution in [1.29, 1.82) is 0 Å². The van der Waals surface area contributed by atoms with Crippen molar-refractivity contribution in [3.63, 3.8) is 0 Å². The van der Waals surface area contributed by atoms with Crippen molar-refractivity contribution >= 4 is 67.6 Å². The Labute approximate surface area is 201 Å². The predicted molar refractivity (Wildman–Crippen MR) is 138 cm³/mol. The van der Waals surface area contributed by atoms with Crippen LogP contribution in [-0.4, -0.2) is 27.7 Å². The zero-order valence-corrected chi connectivity index (χ0v) is 19.5. The Morgan fingerprint density at radius 3 is 1.74 bits per heavy atom. The van der Waals surface area contributed by atoms with Gasteiger partial charge in [0, 0.05) is 31.5 Å².